The van der Waals surface area contributed by atoms with Gasteiger partial charge >= 0.3 is 11.9 Å². The van der Waals surface area contributed by atoms with Crippen LogP contribution in [0.1, 0.15) is 214 Å². The van der Waals surface area contributed by atoms with E-state index >= 15 is 0 Å². The summed E-state index contributed by atoms with van der Waals surface area (Å²) in [5.74, 6) is -0.807. The Morgan fingerprint density at radius 3 is 1.46 bits per heavy atom. The SMILES string of the molecule is CCCCCCCCC(CCCCCC)C(=O)OCCCC(=O)N[C@@H](CCN=C(N)N)C(=O)NCCCCCCCCOC(=O)C(CCCC)CCCCCC. The Morgan fingerprint density at radius 1 is 0.518 bits per heavy atom. The molecule has 2 amide bonds. The van der Waals surface area contributed by atoms with E-state index in [4.69, 9.17) is 20.9 Å². The Kier molecular flexibility index (Phi) is 37.0. The molecule has 0 aromatic heterocycles. The molecule has 0 heterocycles. The molecule has 0 aliphatic rings. The number of nitrogens with two attached hydrogens (primary N) is 2. The molecule has 0 bridgehead atoms. The fourth-order valence-electron chi connectivity index (χ4n) is 6.96. The number of aliphatic imine (C=N–C) groups is 1. The van der Waals surface area contributed by atoms with Crippen molar-refractivity contribution in [2.75, 3.05) is 26.3 Å². The molecular weight excluding hydrogens is 707 g/mol. The summed E-state index contributed by atoms with van der Waals surface area (Å²) in [6, 6.07) is -0.765. The number of carbonyl (C=O) groups is 4. The molecule has 56 heavy (non-hydrogen) atoms. The van der Waals surface area contributed by atoms with Gasteiger partial charge in [0.2, 0.25) is 11.8 Å². The minimum absolute atomic E-state index is 0.0187. The highest BCUT2D eigenvalue weighted by Gasteiger charge is 2.22. The summed E-state index contributed by atoms with van der Waals surface area (Å²) >= 11 is 0. The third-order valence-electron chi connectivity index (χ3n) is 10.6. The summed E-state index contributed by atoms with van der Waals surface area (Å²) in [6.07, 6.45) is 28.7. The molecule has 0 saturated heterocycles. The van der Waals surface area contributed by atoms with Crippen molar-refractivity contribution in [1.82, 2.24) is 10.6 Å². The molecule has 0 aromatic carbocycles. The second-order valence-electron chi connectivity index (χ2n) is 15.9. The Labute approximate surface area is 342 Å². The molecule has 328 valence electrons. The fourth-order valence-corrected chi connectivity index (χ4v) is 6.96. The molecular formula is C45H87N5O6. The van der Waals surface area contributed by atoms with E-state index in [0.29, 0.717) is 19.6 Å². The first-order valence-electron chi connectivity index (χ1n) is 23.2. The first kappa shape index (κ1) is 53.1. The number of ether oxygens (including phenoxy) is 2. The fraction of sp³-hybridized carbons (Fsp3) is 0.889. The third-order valence-corrected chi connectivity index (χ3v) is 10.6. The van der Waals surface area contributed by atoms with Crippen LogP contribution in [0.3, 0.4) is 0 Å². The molecule has 11 heteroatoms. The van der Waals surface area contributed by atoms with Crippen LogP contribution in [0.4, 0.5) is 0 Å². The summed E-state index contributed by atoms with van der Waals surface area (Å²) < 4.78 is 11.3. The van der Waals surface area contributed by atoms with Gasteiger partial charge in [0, 0.05) is 19.5 Å². The summed E-state index contributed by atoms with van der Waals surface area (Å²) in [7, 11) is 0. The number of amides is 2. The molecule has 3 atom stereocenters. The van der Waals surface area contributed by atoms with Gasteiger partial charge in [0.1, 0.15) is 6.04 Å². The van der Waals surface area contributed by atoms with Gasteiger partial charge in [-0.3, -0.25) is 24.2 Å². The number of hydrogen-bond donors (Lipinski definition) is 4. The maximum absolute atomic E-state index is 13.0. The first-order chi connectivity index (χ1) is 27.2. The van der Waals surface area contributed by atoms with Gasteiger partial charge < -0.3 is 31.6 Å². The number of esters is 2. The molecule has 0 aliphatic carbocycles. The van der Waals surface area contributed by atoms with E-state index in [-0.39, 0.29) is 67.5 Å². The second kappa shape index (κ2) is 39.0. The lowest BCUT2D eigenvalue weighted by atomic mass is 9.94. The molecule has 0 radical (unpaired) electrons. The first-order valence-corrected chi connectivity index (χ1v) is 23.2. The molecule has 11 nitrogen and oxygen atoms in total. The highest BCUT2D eigenvalue weighted by atomic mass is 16.5. The van der Waals surface area contributed by atoms with Crippen molar-refractivity contribution >= 4 is 29.7 Å². The Hall–Kier alpha value is -2.85. The van der Waals surface area contributed by atoms with Gasteiger partial charge in [-0.1, -0.05) is 156 Å². The van der Waals surface area contributed by atoms with Gasteiger partial charge in [-0.25, -0.2) is 0 Å². The van der Waals surface area contributed by atoms with Crippen molar-refractivity contribution in [3.63, 3.8) is 0 Å². The van der Waals surface area contributed by atoms with Crippen molar-refractivity contribution in [3.05, 3.63) is 0 Å². The molecule has 0 rings (SSSR count). The van der Waals surface area contributed by atoms with Crippen molar-refractivity contribution < 1.29 is 28.7 Å². The predicted molar refractivity (Wildman–Crippen MR) is 231 cm³/mol. The molecule has 0 saturated carbocycles. The molecule has 0 spiro atoms. The number of nitrogens with zero attached hydrogens (tertiary/aromatic N) is 1. The van der Waals surface area contributed by atoms with E-state index < -0.39 is 6.04 Å². The zero-order chi connectivity index (χ0) is 41.5. The van der Waals surface area contributed by atoms with Crippen LogP contribution in [0, 0.1) is 11.8 Å². The lowest BCUT2D eigenvalue weighted by molar-refractivity contribution is -0.150. The van der Waals surface area contributed by atoms with Gasteiger partial charge in [-0.15, -0.1) is 0 Å². The molecule has 2 unspecified atom stereocenters. The number of hydrogen-bond acceptors (Lipinski definition) is 7. The van der Waals surface area contributed by atoms with E-state index in [1.807, 2.05) is 0 Å². The zero-order valence-electron chi connectivity index (χ0n) is 36.6. The number of unbranched alkanes of at least 4 members (excludes halogenated alkanes) is 17. The van der Waals surface area contributed by atoms with Crippen LogP contribution >= 0.6 is 0 Å². The zero-order valence-corrected chi connectivity index (χ0v) is 36.6. The number of rotatable bonds is 40. The highest BCUT2D eigenvalue weighted by molar-refractivity contribution is 5.87. The van der Waals surface area contributed by atoms with Crippen molar-refractivity contribution in [3.8, 4) is 0 Å². The predicted octanol–water partition coefficient (Wildman–Crippen LogP) is 9.57. The van der Waals surface area contributed by atoms with Gasteiger partial charge in [-0.2, -0.15) is 0 Å². The van der Waals surface area contributed by atoms with Crippen molar-refractivity contribution in [2.45, 2.75) is 220 Å². The van der Waals surface area contributed by atoms with E-state index in [1.54, 1.807) is 0 Å². The van der Waals surface area contributed by atoms with Gasteiger partial charge in [-0.05, 0) is 51.4 Å². The Bertz CT molecular complexity index is 1010. The normalized spacial score (nSPS) is 12.7. The van der Waals surface area contributed by atoms with Crippen LogP contribution in [-0.4, -0.2) is 62.1 Å². The maximum Gasteiger partial charge on any atom is 0.308 e. The van der Waals surface area contributed by atoms with Crippen LogP contribution < -0.4 is 22.1 Å². The van der Waals surface area contributed by atoms with E-state index in [9.17, 15) is 19.2 Å². The van der Waals surface area contributed by atoms with Crippen LogP contribution in [-0.2, 0) is 28.7 Å². The Balaban J connectivity index is 4.53. The van der Waals surface area contributed by atoms with E-state index in [1.165, 1.54) is 51.4 Å². The average Bonchev–Trinajstić information content (AvgIpc) is 3.18. The standard InChI is InChI=1S/C45H87N5O6/c1-5-9-13-16-19-24-31-39(30-23-15-11-7-3)44(54)56-37-27-32-41(51)50-40(33-35-49-45(46)47)42(52)48-34-25-20-17-18-21-26-36-55-43(53)38(28-12-8-4)29-22-14-10-6-2/h38-40H,5-37H2,1-4H3,(H,48,52)(H,50,51)(H4,46,47,49)/t38?,39?,40-/m0/s1. The summed E-state index contributed by atoms with van der Waals surface area (Å²) in [5.41, 5.74) is 11.0. The molecule has 0 fully saturated rings. The number of nitrogens with one attached hydrogen (secondary N) is 2. The summed E-state index contributed by atoms with van der Waals surface area (Å²) in [5, 5.41) is 5.79. The minimum Gasteiger partial charge on any atom is -0.465 e. The topological polar surface area (TPSA) is 175 Å². The molecule has 0 aliphatic heterocycles. The quantitative estimate of drug-likeness (QED) is 0.0205. The summed E-state index contributed by atoms with van der Waals surface area (Å²) in [6.45, 7) is 10.2. The second-order valence-corrected chi connectivity index (χ2v) is 15.9. The smallest absolute Gasteiger partial charge is 0.308 e. The maximum atomic E-state index is 13.0. The highest BCUT2D eigenvalue weighted by Crippen LogP contribution is 2.21. The van der Waals surface area contributed by atoms with E-state index in [2.05, 4.69) is 43.3 Å². The largest absolute Gasteiger partial charge is 0.465 e. The molecule has 6 N–H and O–H groups in total. The van der Waals surface area contributed by atoms with E-state index in [0.717, 1.165) is 116 Å². The minimum atomic E-state index is -0.765. The van der Waals surface area contributed by atoms with Crippen LogP contribution in [0.15, 0.2) is 4.99 Å². The average molecular weight is 794 g/mol. The third kappa shape index (κ3) is 32.3. The van der Waals surface area contributed by atoms with Crippen LogP contribution in [0.25, 0.3) is 0 Å². The van der Waals surface area contributed by atoms with Gasteiger partial charge in [0.15, 0.2) is 5.96 Å². The monoisotopic (exact) mass is 794 g/mol. The number of carbonyl (C=O) groups excluding carboxylic acids is 4. The van der Waals surface area contributed by atoms with Crippen molar-refractivity contribution in [1.29, 1.82) is 0 Å². The lowest BCUT2D eigenvalue weighted by Gasteiger charge is -2.18. The van der Waals surface area contributed by atoms with Crippen molar-refractivity contribution in [2.24, 2.45) is 28.3 Å². The Morgan fingerprint density at radius 2 is 0.946 bits per heavy atom. The summed E-state index contributed by atoms with van der Waals surface area (Å²) in [4.78, 5) is 55.5. The van der Waals surface area contributed by atoms with Gasteiger partial charge in [0.25, 0.3) is 0 Å². The number of guanidine groups is 1. The van der Waals surface area contributed by atoms with Crippen LogP contribution in [0.2, 0.25) is 0 Å². The lowest BCUT2D eigenvalue weighted by Crippen LogP contribution is -2.47. The van der Waals surface area contributed by atoms with Crippen LogP contribution in [0.5, 0.6) is 0 Å². The molecule has 0 aromatic rings. The van der Waals surface area contributed by atoms with Gasteiger partial charge in [0.05, 0.1) is 25.0 Å².